The Morgan fingerprint density at radius 1 is 1.54 bits per heavy atom. The van der Waals surface area contributed by atoms with Crippen molar-refractivity contribution in [3.63, 3.8) is 0 Å². The summed E-state index contributed by atoms with van der Waals surface area (Å²) in [4.78, 5) is 13.4. The molecule has 0 aliphatic rings. The molecule has 0 aliphatic carbocycles. The predicted octanol–water partition coefficient (Wildman–Crippen LogP) is 1.10. The topological polar surface area (TPSA) is 32.3 Å². The molecule has 0 heterocycles. The van der Waals surface area contributed by atoms with Crippen LogP contribution in [-0.4, -0.2) is 38.0 Å². The zero-order valence-electron chi connectivity index (χ0n) is 9.26. The molecule has 78 valence electrons. The molecule has 0 spiro atoms. The Balaban J connectivity index is 3.79. The van der Waals surface area contributed by atoms with Crippen molar-refractivity contribution in [3.8, 4) is 0 Å². The molecule has 0 saturated heterocycles. The smallest absolute Gasteiger partial charge is 0.225 e. The fourth-order valence-corrected chi connectivity index (χ4v) is 1.32. The lowest BCUT2D eigenvalue weighted by Gasteiger charge is -2.20. The second-order valence-electron chi connectivity index (χ2n) is 3.55. The lowest BCUT2D eigenvalue weighted by molar-refractivity contribution is -0.133. The maximum Gasteiger partial charge on any atom is 0.225 e. The first kappa shape index (κ1) is 12.4. The minimum Gasteiger partial charge on any atom is -0.344 e. The highest BCUT2D eigenvalue weighted by atomic mass is 16.2. The molecule has 0 fully saturated rings. The van der Waals surface area contributed by atoms with E-state index in [9.17, 15) is 4.79 Å². The summed E-state index contributed by atoms with van der Waals surface area (Å²) >= 11 is 0. The fourth-order valence-electron chi connectivity index (χ4n) is 1.32. The summed E-state index contributed by atoms with van der Waals surface area (Å²) in [6.45, 7) is 5.77. The highest BCUT2D eigenvalue weighted by Gasteiger charge is 2.15. The average Bonchev–Trinajstić information content (AvgIpc) is 2.13. The summed E-state index contributed by atoms with van der Waals surface area (Å²) in [6.07, 6.45) is 2.06. The van der Waals surface area contributed by atoms with Crippen molar-refractivity contribution in [3.05, 3.63) is 0 Å². The third kappa shape index (κ3) is 4.88. The van der Waals surface area contributed by atoms with E-state index in [1.807, 2.05) is 21.0 Å². The molecule has 13 heavy (non-hydrogen) atoms. The number of amides is 1. The van der Waals surface area contributed by atoms with E-state index >= 15 is 0 Å². The van der Waals surface area contributed by atoms with Gasteiger partial charge in [-0.3, -0.25) is 4.79 Å². The molecule has 1 N–H and O–H groups in total. The maximum atomic E-state index is 11.6. The quantitative estimate of drug-likeness (QED) is 0.673. The third-order valence-corrected chi connectivity index (χ3v) is 2.22. The summed E-state index contributed by atoms with van der Waals surface area (Å²) < 4.78 is 0. The van der Waals surface area contributed by atoms with Crippen LogP contribution in [0.3, 0.4) is 0 Å². The molecule has 3 nitrogen and oxygen atoms in total. The normalized spacial score (nSPS) is 12.6. The number of carbonyl (C=O) groups is 1. The van der Waals surface area contributed by atoms with E-state index in [2.05, 4.69) is 12.2 Å². The Kier molecular flexibility index (Phi) is 6.59. The average molecular weight is 186 g/mol. The van der Waals surface area contributed by atoms with Gasteiger partial charge in [0.25, 0.3) is 0 Å². The summed E-state index contributed by atoms with van der Waals surface area (Å²) in [5.41, 5.74) is 0. The van der Waals surface area contributed by atoms with Gasteiger partial charge in [-0.1, -0.05) is 20.3 Å². The molecule has 0 aromatic heterocycles. The summed E-state index contributed by atoms with van der Waals surface area (Å²) in [5.74, 6) is 0.434. The molecule has 0 aromatic rings. The molecule has 1 amide bonds. The van der Waals surface area contributed by atoms with Crippen LogP contribution in [0.2, 0.25) is 0 Å². The molecule has 0 rings (SSSR count). The number of rotatable bonds is 6. The Hall–Kier alpha value is -0.570. The molecule has 1 unspecified atom stereocenters. The van der Waals surface area contributed by atoms with Crippen LogP contribution < -0.4 is 5.32 Å². The Morgan fingerprint density at radius 2 is 2.15 bits per heavy atom. The first-order valence-electron chi connectivity index (χ1n) is 5.03. The molecule has 0 aromatic carbocycles. The number of carbonyl (C=O) groups excluding carboxylic acids is 1. The largest absolute Gasteiger partial charge is 0.344 e. The van der Waals surface area contributed by atoms with Gasteiger partial charge in [-0.15, -0.1) is 0 Å². The van der Waals surface area contributed by atoms with Gasteiger partial charge < -0.3 is 10.2 Å². The monoisotopic (exact) mass is 186 g/mol. The van der Waals surface area contributed by atoms with Crippen molar-refractivity contribution in [2.45, 2.75) is 26.7 Å². The van der Waals surface area contributed by atoms with Crippen LogP contribution >= 0.6 is 0 Å². The second kappa shape index (κ2) is 6.89. The summed E-state index contributed by atoms with van der Waals surface area (Å²) in [7, 11) is 3.76. The summed E-state index contributed by atoms with van der Waals surface area (Å²) in [6, 6.07) is 0. The van der Waals surface area contributed by atoms with Gasteiger partial charge in [-0.05, 0) is 13.5 Å². The minimum atomic E-state index is 0.173. The number of hydrogen-bond donors (Lipinski definition) is 1. The summed E-state index contributed by atoms with van der Waals surface area (Å²) in [5, 5.41) is 3.03. The third-order valence-electron chi connectivity index (χ3n) is 2.22. The van der Waals surface area contributed by atoms with E-state index in [0.717, 1.165) is 25.9 Å². The van der Waals surface area contributed by atoms with Gasteiger partial charge >= 0.3 is 0 Å². The van der Waals surface area contributed by atoms with Gasteiger partial charge in [-0.2, -0.15) is 0 Å². The predicted molar refractivity (Wildman–Crippen MR) is 55.6 cm³/mol. The molecule has 0 saturated carbocycles. The molecule has 0 aliphatic heterocycles. The standard InChI is InChI=1S/C10H22N2O/c1-5-6-9(2)10(13)12(4)8-7-11-3/h9,11H,5-8H2,1-4H3. The lowest BCUT2D eigenvalue weighted by Crippen LogP contribution is -2.36. The van der Waals surface area contributed by atoms with Crippen LogP contribution in [0.15, 0.2) is 0 Å². The van der Waals surface area contributed by atoms with Crippen LogP contribution in [-0.2, 0) is 4.79 Å². The van der Waals surface area contributed by atoms with Crippen molar-refractivity contribution in [1.29, 1.82) is 0 Å². The number of nitrogens with zero attached hydrogens (tertiary/aromatic N) is 1. The van der Waals surface area contributed by atoms with Gasteiger partial charge in [-0.25, -0.2) is 0 Å². The lowest BCUT2D eigenvalue weighted by atomic mass is 10.1. The zero-order valence-corrected chi connectivity index (χ0v) is 9.26. The van der Waals surface area contributed by atoms with Gasteiger partial charge in [0.15, 0.2) is 0 Å². The van der Waals surface area contributed by atoms with Crippen LogP contribution in [0.25, 0.3) is 0 Å². The van der Waals surface area contributed by atoms with Gasteiger partial charge in [0.1, 0.15) is 0 Å². The van der Waals surface area contributed by atoms with E-state index in [-0.39, 0.29) is 11.8 Å². The SMILES string of the molecule is CCCC(C)C(=O)N(C)CCNC. The fraction of sp³-hybridized carbons (Fsp3) is 0.900. The molecular weight excluding hydrogens is 164 g/mol. The molecule has 1 atom stereocenters. The van der Waals surface area contributed by atoms with Crippen molar-refractivity contribution in [2.75, 3.05) is 27.2 Å². The molecule has 3 heteroatoms. The van der Waals surface area contributed by atoms with Crippen LogP contribution in [0.4, 0.5) is 0 Å². The van der Waals surface area contributed by atoms with Crippen LogP contribution in [0.5, 0.6) is 0 Å². The minimum absolute atomic E-state index is 0.173. The van der Waals surface area contributed by atoms with Crippen LogP contribution in [0, 0.1) is 5.92 Å². The molecular formula is C10H22N2O. The van der Waals surface area contributed by atoms with Gasteiger partial charge in [0.2, 0.25) is 5.91 Å². The van der Waals surface area contributed by atoms with Crippen molar-refractivity contribution >= 4 is 5.91 Å². The second-order valence-corrected chi connectivity index (χ2v) is 3.55. The van der Waals surface area contributed by atoms with Gasteiger partial charge in [0, 0.05) is 26.1 Å². The van der Waals surface area contributed by atoms with E-state index in [4.69, 9.17) is 0 Å². The van der Waals surface area contributed by atoms with E-state index < -0.39 is 0 Å². The zero-order chi connectivity index (χ0) is 10.3. The van der Waals surface area contributed by atoms with Crippen molar-refractivity contribution < 1.29 is 4.79 Å². The Bertz CT molecular complexity index is 148. The highest BCUT2D eigenvalue weighted by Crippen LogP contribution is 2.07. The van der Waals surface area contributed by atoms with E-state index in [0.29, 0.717) is 0 Å². The van der Waals surface area contributed by atoms with Crippen LogP contribution in [0.1, 0.15) is 26.7 Å². The first-order chi connectivity index (χ1) is 6.13. The first-order valence-corrected chi connectivity index (χ1v) is 5.03. The van der Waals surface area contributed by atoms with E-state index in [1.165, 1.54) is 0 Å². The number of likely N-dealkylation sites (N-methyl/N-ethyl adjacent to an activating group) is 2. The van der Waals surface area contributed by atoms with Crippen molar-refractivity contribution in [2.24, 2.45) is 5.92 Å². The highest BCUT2D eigenvalue weighted by molar-refractivity contribution is 5.78. The molecule has 0 radical (unpaired) electrons. The number of nitrogens with one attached hydrogen (secondary N) is 1. The number of hydrogen-bond acceptors (Lipinski definition) is 2. The maximum absolute atomic E-state index is 11.6. The Morgan fingerprint density at radius 3 is 2.62 bits per heavy atom. The Labute approximate surface area is 81.5 Å². The van der Waals surface area contributed by atoms with E-state index in [1.54, 1.807) is 4.90 Å². The van der Waals surface area contributed by atoms with Crippen molar-refractivity contribution in [1.82, 2.24) is 10.2 Å². The van der Waals surface area contributed by atoms with Gasteiger partial charge in [0.05, 0.1) is 0 Å². The molecule has 0 bridgehead atoms.